The zero-order chi connectivity index (χ0) is 20.4. The minimum Gasteiger partial charge on any atom is -0.494 e. The van der Waals surface area contributed by atoms with Gasteiger partial charge in [-0.25, -0.2) is 0 Å². The number of hydrogen-bond acceptors (Lipinski definition) is 5. The fraction of sp³-hybridized carbons (Fsp3) is 0.409. The lowest BCUT2D eigenvalue weighted by molar-refractivity contribution is -0.133. The van der Waals surface area contributed by atoms with Crippen LogP contribution in [0.4, 0.5) is 0 Å². The van der Waals surface area contributed by atoms with Crippen LogP contribution in [0.15, 0.2) is 42.6 Å². The monoisotopic (exact) mass is 395 g/mol. The van der Waals surface area contributed by atoms with E-state index in [-0.39, 0.29) is 24.0 Å². The van der Waals surface area contributed by atoms with Gasteiger partial charge < -0.3 is 19.3 Å². The van der Waals surface area contributed by atoms with Crippen molar-refractivity contribution in [2.75, 3.05) is 26.8 Å². The lowest BCUT2D eigenvalue weighted by Gasteiger charge is -2.29. The van der Waals surface area contributed by atoms with Crippen LogP contribution in [0.5, 0.6) is 5.75 Å². The molecule has 1 aromatic carbocycles. The maximum atomic E-state index is 13.2. The predicted octanol–water partition coefficient (Wildman–Crippen LogP) is 2.04. The van der Waals surface area contributed by atoms with Crippen LogP contribution in [0.2, 0.25) is 0 Å². The van der Waals surface area contributed by atoms with Gasteiger partial charge in [0.25, 0.3) is 5.91 Å². The van der Waals surface area contributed by atoms with Crippen LogP contribution in [-0.2, 0) is 16.1 Å². The highest BCUT2D eigenvalue weighted by molar-refractivity contribution is 5.97. The van der Waals surface area contributed by atoms with Crippen LogP contribution in [0.25, 0.3) is 0 Å². The summed E-state index contributed by atoms with van der Waals surface area (Å²) in [7, 11) is 1.53. The van der Waals surface area contributed by atoms with E-state index in [2.05, 4.69) is 4.98 Å². The molecule has 0 radical (unpaired) electrons. The number of methoxy groups -OCH3 is 1. The largest absolute Gasteiger partial charge is 0.494 e. The fourth-order valence-corrected chi connectivity index (χ4v) is 4.04. The number of pyridine rings is 1. The lowest BCUT2D eigenvalue weighted by Crippen LogP contribution is -2.45. The smallest absolute Gasteiger partial charge is 0.257 e. The summed E-state index contributed by atoms with van der Waals surface area (Å²) in [6.07, 6.45) is 1.74. The Hall–Kier alpha value is -2.93. The molecule has 3 heterocycles. The Labute approximate surface area is 170 Å². The van der Waals surface area contributed by atoms with E-state index in [0.29, 0.717) is 44.0 Å². The summed E-state index contributed by atoms with van der Waals surface area (Å²) in [5.41, 5.74) is 2.30. The number of amides is 2. The van der Waals surface area contributed by atoms with E-state index in [0.717, 1.165) is 11.3 Å². The van der Waals surface area contributed by atoms with Crippen molar-refractivity contribution in [3.05, 3.63) is 59.4 Å². The van der Waals surface area contributed by atoms with Gasteiger partial charge in [0.2, 0.25) is 5.91 Å². The molecule has 2 aliphatic heterocycles. The summed E-state index contributed by atoms with van der Waals surface area (Å²) >= 11 is 0. The van der Waals surface area contributed by atoms with E-state index in [1.54, 1.807) is 17.2 Å². The molecule has 0 unspecified atom stereocenters. The summed E-state index contributed by atoms with van der Waals surface area (Å²) in [5, 5.41) is 0. The molecule has 0 saturated carbocycles. The molecule has 2 aromatic rings. The number of aromatic nitrogens is 1. The molecule has 2 atom stereocenters. The van der Waals surface area contributed by atoms with Crippen molar-refractivity contribution in [3.8, 4) is 5.75 Å². The van der Waals surface area contributed by atoms with Crippen molar-refractivity contribution >= 4 is 11.8 Å². The molecule has 0 spiro atoms. The minimum absolute atomic E-state index is 0.0630. The van der Waals surface area contributed by atoms with Crippen molar-refractivity contribution in [1.29, 1.82) is 0 Å². The van der Waals surface area contributed by atoms with Crippen molar-refractivity contribution in [1.82, 2.24) is 14.8 Å². The molecule has 1 aromatic heterocycles. The number of rotatable bonds is 4. The highest BCUT2D eigenvalue weighted by Gasteiger charge is 2.43. The summed E-state index contributed by atoms with van der Waals surface area (Å²) in [6.45, 7) is 3.63. The Morgan fingerprint density at radius 1 is 1.28 bits per heavy atom. The third-order valence-corrected chi connectivity index (χ3v) is 5.54. The first kappa shape index (κ1) is 19.4. The predicted molar refractivity (Wildman–Crippen MR) is 107 cm³/mol. The van der Waals surface area contributed by atoms with Gasteiger partial charge in [-0.1, -0.05) is 30.3 Å². The molecule has 29 heavy (non-hydrogen) atoms. The first-order valence-electron chi connectivity index (χ1n) is 9.81. The molecule has 0 bridgehead atoms. The SMILES string of the molecule is COc1cnc(C)cc1C(=O)N1C[C@@H]2OCCC(=O)N(Cc3ccccc3)[C@H]2C1. The number of ether oxygens (including phenoxy) is 2. The third kappa shape index (κ3) is 3.96. The first-order valence-corrected chi connectivity index (χ1v) is 9.81. The fourth-order valence-electron chi connectivity index (χ4n) is 4.04. The summed E-state index contributed by atoms with van der Waals surface area (Å²) < 4.78 is 11.3. The zero-order valence-electron chi connectivity index (χ0n) is 16.7. The molecular formula is C22H25N3O4. The Kier molecular flexibility index (Phi) is 5.49. The number of fused-ring (bicyclic) bond motifs is 1. The molecular weight excluding hydrogens is 370 g/mol. The zero-order valence-corrected chi connectivity index (χ0v) is 16.7. The van der Waals surface area contributed by atoms with E-state index in [4.69, 9.17) is 9.47 Å². The number of hydrogen-bond donors (Lipinski definition) is 0. The second kappa shape index (κ2) is 8.21. The van der Waals surface area contributed by atoms with E-state index in [9.17, 15) is 9.59 Å². The Balaban J connectivity index is 1.57. The molecule has 2 amide bonds. The van der Waals surface area contributed by atoms with Gasteiger partial charge in [0.05, 0.1) is 44.0 Å². The van der Waals surface area contributed by atoms with Gasteiger partial charge in [0.15, 0.2) is 0 Å². The van der Waals surface area contributed by atoms with Crippen molar-refractivity contribution in [3.63, 3.8) is 0 Å². The minimum atomic E-state index is -0.192. The molecule has 0 N–H and O–H groups in total. The molecule has 4 rings (SSSR count). The molecule has 152 valence electrons. The quantitative estimate of drug-likeness (QED) is 0.792. The Morgan fingerprint density at radius 3 is 2.83 bits per heavy atom. The highest BCUT2D eigenvalue weighted by Crippen LogP contribution is 2.28. The maximum Gasteiger partial charge on any atom is 0.257 e. The van der Waals surface area contributed by atoms with Crippen molar-refractivity contribution < 1.29 is 19.1 Å². The third-order valence-electron chi connectivity index (χ3n) is 5.54. The van der Waals surface area contributed by atoms with Gasteiger partial charge in [-0.05, 0) is 18.6 Å². The first-order chi connectivity index (χ1) is 14.1. The van der Waals surface area contributed by atoms with Gasteiger partial charge in [-0.2, -0.15) is 0 Å². The van der Waals surface area contributed by atoms with Crippen LogP contribution in [0, 0.1) is 6.92 Å². The van der Waals surface area contributed by atoms with Gasteiger partial charge in [-0.15, -0.1) is 0 Å². The summed E-state index contributed by atoms with van der Waals surface area (Å²) in [6, 6.07) is 11.5. The number of likely N-dealkylation sites (tertiary alicyclic amines) is 1. The maximum absolute atomic E-state index is 13.2. The van der Waals surface area contributed by atoms with Gasteiger partial charge >= 0.3 is 0 Å². The van der Waals surface area contributed by atoms with Crippen LogP contribution in [-0.4, -0.2) is 65.6 Å². The summed E-state index contributed by atoms with van der Waals surface area (Å²) in [5.74, 6) is 0.384. The number of carbonyl (C=O) groups is 2. The molecule has 2 fully saturated rings. The van der Waals surface area contributed by atoms with Crippen LogP contribution < -0.4 is 4.74 Å². The molecule has 2 saturated heterocycles. The Bertz CT molecular complexity index is 902. The van der Waals surface area contributed by atoms with E-state index in [1.807, 2.05) is 42.2 Å². The number of carbonyl (C=O) groups excluding carboxylic acids is 2. The molecule has 2 aliphatic rings. The number of nitrogens with zero attached hydrogens (tertiary/aromatic N) is 3. The molecule has 7 heteroatoms. The standard InChI is InChI=1S/C22H25N3O4/c1-15-10-17(19(28-2)11-23-15)22(27)24-13-18-20(14-24)29-9-8-21(26)25(18)12-16-6-4-3-5-7-16/h3-7,10-11,18,20H,8-9,12-14H2,1-2H3/t18-,20-/m0/s1. The topological polar surface area (TPSA) is 72.0 Å². The van der Waals surface area contributed by atoms with Crippen molar-refractivity contribution in [2.24, 2.45) is 0 Å². The number of aryl methyl sites for hydroxylation is 1. The van der Waals surface area contributed by atoms with Gasteiger partial charge in [-0.3, -0.25) is 14.6 Å². The van der Waals surface area contributed by atoms with Crippen LogP contribution in [0.3, 0.4) is 0 Å². The average molecular weight is 395 g/mol. The van der Waals surface area contributed by atoms with E-state index in [1.165, 1.54) is 7.11 Å². The van der Waals surface area contributed by atoms with Gasteiger partial charge in [0.1, 0.15) is 5.75 Å². The highest BCUT2D eigenvalue weighted by atomic mass is 16.5. The van der Waals surface area contributed by atoms with Crippen LogP contribution >= 0.6 is 0 Å². The van der Waals surface area contributed by atoms with Gasteiger partial charge in [0, 0.05) is 25.3 Å². The second-order valence-corrected chi connectivity index (χ2v) is 7.47. The van der Waals surface area contributed by atoms with Crippen LogP contribution in [0.1, 0.15) is 28.0 Å². The normalized spacial score (nSPS) is 21.7. The number of benzene rings is 1. The molecule has 7 nitrogen and oxygen atoms in total. The second-order valence-electron chi connectivity index (χ2n) is 7.47. The van der Waals surface area contributed by atoms with E-state index >= 15 is 0 Å². The molecule has 0 aliphatic carbocycles. The summed E-state index contributed by atoms with van der Waals surface area (Å²) in [4.78, 5) is 33.8. The van der Waals surface area contributed by atoms with Crippen molar-refractivity contribution in [2.45, 2.75) is 32.0 Å². The van der Waals surface area contributed by atoms with E-state index < -0.39 is 0 Å². The lowest BCUT2D eigenvalue weighted by atomic mass is 10.1. The Morgan fingerprint density at radius 2 is 2.07 bits per heavy atom. The average Bonchev–Trinajstić information content (AvgIpc) is 3.10.